The first-order valence-electron chi connectivity index (χ1n) is 4.85. The highest BCUT2D eigenvalue weighted by Gasteiger charge is 2.22. The number of nitrogens with one attached hydrogen (secondary N) is 1. The van der Waals surface area contributed by atoms with Crippen molar-refractivity contribution in [1.29, 1.82) is 0 Å². The molecule has 88 valence electrons. The smallest absolute Gasteiger partial charge is 0.301 e. The van der Waals surface area contributed by atoms with Gasteiger partial charge in [0, 0.05) is 17.9 Å². The van der Waals surface area contributed by atoms with Crippen LogP contribution in [0.15, 0.2) is 17.2 Å². The minimum Gasteiger partial charge on any atom is -0.373 e. The summed E-state index contributed by atoms with van der Waals surface area (Å²) in [7, 11) is 1.74. The maximum atomic E-state index is 10.8. The average molecular weight is 241 g/mol. The molecule has 0 aromatic carbocycles. The highest BCUT2D eigenvalue weighted by molar-refractivity contribution is 8.00. The molecule has 1 N–H and O–H groups in total. The summed E-state index contributed by atoms with van der Waals surface area (Å²) >= 11 is 1.39. The number of aromatic nitrogens is 1. The Bertz CT molecular complexity index is 402. The minimum absolute atomic E-state index is 0.0546. The number of nitrogens with zero attached hydrogens (tertiary/aromatic N) is 2. The molecule has 0 aliphatic rings. The Morgan fingerprint density at radius 3 is 2.50 bits per heavy atom. The lowest BCUT2D eigenvalue weighted by atomic mass is 10.3. The molecule has 1 aromatic rings. The van der Waals surface area contributed by atoms with E-state index in [0.29, 0.717) is 10.8 Å². The first-order chi connectivity index (χ1) is 7.33. The summed E-state index contributed by atoms with van der Waals surface area (Å²) in [6.45, 7) is 5.99. The molecular formula is C10H15N3O2S. The summed E-state index contributed by atoms with van der Waals surface area (Å²) in [6, 6.07) is 3.08. The molecule has 0 aliphatic carbocycles. The van der Waals surface area contributed by atoms with Crippen LogP contribution in [0.2, 0.25) is 0 Å². The third-order valence-corrected chi connectivity index (χ3v) is 2.80. The number of hydrogen-bond donors (Lipinski definition) is 1. The van der Waals surface area contributed by atoms with Crippen LogP contribution in [0.1, 0.15) is 20.8 Å². The first kappa shape index (κ1) is 12.8. The van der Waals surface area contributed by atoms with Crippen molar-refractivity contribution in [2.24, 2.45) is 0 Å². The third kappa shape index (κ3) is 3.37. The average Bonchev–Trinajstić information content (AvgIpc) is 2.14. The Balaban J connectivity index is 3.15. The predicted molar refractivity (Wildman–Crippen MR) is 66.0 cm³/mol. The fourth-order valence-electron chi connectivity index (χ4n) is 1.08. The zero-order valence-electron chi connectivity index (χ0n) is 9.77. The molecule has 0 atom stereocenters. The molecule has 16 heavy (non-hydrogen) atoms. The minimum atomic E-state index is -0.402. The molecule has 1 heterocycles. The van der Waals surface area contributed by atoms with Crippen LogP contribution in [0.3, 0.4) is 0 Å². The molecule has 0 amide bonds. The molecule has 1 rings (SSSR count). The van der Waals surface area contributed by atoms with Crippen LogP contribution in [0.5, 0.6) is 0 Å². The molecule has 0 aliphatic heterocycles. The van der Waals surface area contributed by atoms with Crippen molar-refractivity contribution in [3.05, 3.63) is 22.2 Å². The van der Waals surface area contributed by atoms with E-state index in [0.717, 1.165) is 0 Å². The van der Waals surface area contributed by atoms with E-state index in [1.54, 1.807) is 13.1 Å². The Hall–Kier alpha value is -1.30. The molecule has 6 heteroatoms. The second kappa shape index (κ2) is 4.69. The molecule has 1 aromatic heterocycles. The van der Waals surface area contributed by atoms with Crippen molar-refractivity contribution in [3.63, 3.8) is 0 Å². The van der Waals surface area contributed by atoms with Gasteiger partial charge in [0.1, 0.15) is 5.82 Å². The summed E-state index contributed by atoms with van der Waals surface area (Å²) in [5.41, 5.74) is 0.0546. The van der Waals surface area contributed by atoms with Crippen molar-refractivity contribution < 1.29 is 4.92 Å². The van der Waals surface area contributed by atoms with Gasteiger partial charge in [-0.1, -0.05) is 32.5 Å². The van der Waals surface area contributed by atoms with Gasteiger partial charge in [-0.15, -0.1) is 0 Å². The van der Waals surface area contributed by atoms with Crippen LogP contribution >= 0.6 is 11.8 Å². The Labute approximate surface area is 98.8 Å². The van der Waals surface area contributed by atoms with Gasteiger partial charge in [-0.05, 0) is 6.07 Å². The molecule has 5 nitrogen and oxygen atoms in total. The number of rotatable bonds is 3. The maximum absolute atomic E-state index is 10.8. The molecule has 0 fully saturated rings. The fourth-order valence-corrected chi connectivity index (χ4v) is 2.05. The van der Waals surface area contributed by atoms with Gasteiger partial charge >= 0.3 is 5.69 Å². The zero-order valence-corrected chi connectivity index (χ0v) is 10.6. The van der Waals surface area contributed by atoms with Crippen molar-refractivity contribution in [3.8, 4) is 0 Å². The Morgan fingerprint density at radius 1 is 1.44 bits per heavy atom. The summed E-state index contributed by atoms with van der Waals surface area (Å²) < 4.78 is -0.107. The molecular weight excluding hydrogens is 226 g/mol. The van der Waals surface area contributed by atoms with Crippen molar-refractivity contribution in [2.45, 2.75) is 30.5 Å². The van der Waals surface area contributed by atoms with Gasteiger partial charge in [-0.2, -0.15) is 0 Å². The van der Waals surface area contributed by atoms with Crippen LogP contribution in [-0.2, 0) is 0 Å². The molecule has 0 radical (unpaired) electrons. The summed E-state index contributed by atoms with van der Waals surface area (Å²) in [6.07, 6.45) is 0. The van der Waals surface area contributed by atoms with E-state index >= 15 is 0 Å². The van der Waals surface area contributed by atoms with Gasteiger partial charge in [-0.25, -0.2) is 4.98 Å². The van der Waals surface area contributed by atoms with Crippen LogP contribution < -0.4 is 5.32 Å². The van der Waals surface area contributed by atoms with Crippen LogP contribution in [-0.4, -0.2) is 21.7 Å². The van der Waals surface area contributed by atoms with Crippen LogP contribution in [0, 0.1) is 10.1 Å². The highest BCUT2D eigenvalue weighted by Crippen LogP contribution is 2.36. The van der Waals surface area contributed by atoms with E-state index in [-0.39, 0.29) is 10.4 Å². The summed E-state index contributed by atoms with van der Waals surface area (Å²) in [4.78, 5) is 14.6. The van der Waals surface area contributed by atoms with Gasteiger partial charge in [-0.3, -0.25) is 10.1 Å². The van der Waals surface area contributed by atoms with Gasteiger partial charge in [0.25, 0.3) is 0 Å². The maximum Gasteiger partial charge on any atom is 0.301 e. The van der Waals surface area contributed by atoms with Crippen molar-refractivity contribution in [1.82, 2.24) is 4.98 Å². The Morgan fingerprint density at radius 2 is 2.06 bits per heavy atom. The molecule has 0 saturated carbocycles. The second-order valence-electron chi connectivity index (χ2n) is 4.24. The molecule has 0 bridgehead atoms. The standard InChI is InChI=1S/C10H15N3O2S/c1-10(2,3)16-9-7(13(14)15)5-6-8(11-4)12-9/h5-6H,1-4H3,(H,11,12). The van der Waals surface area contributed by atoms with E-state index in [1.807, 2.05) is 20.8 Å². The zero-order chi connectivity index (χ0) is 12.3. The SMILES string of the molecule is CNc1ccc([N+](=O)[O-])c(SC(C)(C)C)n1. The predicted octanol–water partition coefficient (Wildman–Crippen LogP) is 2.92. The van der Waals surface area contributed by atoms with E-state index in [4.69, 9.17) is 0 Å². The Kier molecular flexibility index (Phi) is 3.74. The lowest BCUT2D eigenvalue weighted by Crippen LogP contribution is -2.09. The number of nitro groups is 1. The molecule has 0 unspecified atom stereocenters. The van der Waals surface area contributed by atoms with E-state index < -0.39 is 4.92 Å². The van der Waals surface area contributed by atoms with Crippen molar-refractivity contribution >= 4 is 23.3 Å². The van der Waals surface area contributed by atoms with E-state index in [1.165, 1.54) is 17.8 Å². The number of anilines is 1. The first-order valence-corrected chi connectivity index (χ1v) is 5.67. The van der Waals surface area contributed by atoms with Gasteiger partial charge < -0.3 is 5.32 Å². The second-order valence-corrected chi connectivity index (χ2v) is 6.06. The topological polar surface area (TPSA) is 68.1 Å². The monoisotopic (exact) mass is 241 g/mol. The highest BCUT2D eigenvalue weighted by atomic mass is 32.2. The fraction of sp³-hybridized carbons (Fsp3) is 0.500. The number of pyridine rings is 1. The van der Waals surface area contributed by atoms with Gasteiger partial charge in [0.05, 0.1) is 4.92 Å². The lowest BCUT2D eigenvalue weighted by Gasteiger charge is -2.16. The van der Waals surface area contributed by atoms with Crippen molar-refractivity contribution in [2.75, 3.05) is 12.4 Å². The molecule has 0 saturated heterocycles. The number of thioether (sulfide) groups is 1. The van der Waals surface area contributed by atoms with Gasteiger partial charge in [0.2, 0.25) is 0 Å². The molecule has 0 spiro atoms. The summed E-state index contributed by atoms with van der Waals surface area (Å²) in [5.74, 6) is 0.636. The van der Waals surface area contributed by atoms with Gasteiger partial charge in [0.15, 0.2) is 5.03 Å². The normalized spacial score (nSPS) is 11.2. The number of hydrogen-bond acceptors (Lipinski definition) is 5. The summed E-state index contributed by atoms with van der Waals surface area (Å²) in [5, 5.41) is 14.2. The van der Waals surface area contributed by atoms with E-state index in [9.17, 15) is 10.1 Å². The largest absolute Gasteiger partial charge is 0.373 e. The van der Waals surface area contributed by atoms with Crippen LogP contribution in [0.25, 0.3) is 0 Å². The van der Waals surface area contributed by atoms with Crippen LogP contribution in [0.4, 0.5) is 11.5 Å². The third-order valence-electron chi connectivity index (χ3n) is 1.70. The lowest BCUT2D eigenvalue weighted by molar-refractivity contribution is -0.388. The van der Waals surface area contributed by atoms with E-state index in [2.05, 4.69) is 10.3 Å². The quantitative estimate of drug-likeness (QED) is 0.500.